The Balaban J connectivity index is 1.84. The van der Waals surface area contributed by atoms with Crippen molar-refractivity contribution in [2.24, 2.45) is 0 Å². The molecule has 0 aromatic heterocycles. The third-order valence-corrected chi connectivity index (χ3v) is 5.86. The molecule has 0 spiro atoms. The summed E-state index contributed by atoms with van der Waals surface area (Å²) in [5, 5.41) is 0. The van der Waals surface area contributed by atoms with Gasteiger partial charge in [-0.25, -0.2) is 4.39 Å². The Labute approximate surface area is 167 Å². The summed E-state index contributed by atoms with van der Waals surface area (Å²) >= 11 is 0. The van der Waals surface area contributed by atoms with E-state index in [2.05, 4.69) is 63.2 Å². The van der Waals surface area contributed by atoms with Gasteiger partial charge in [-0.2, -0.15) is 0 Å². The zero-order valence-corrected chi connectivity index (χ0v) is 17.0. The van der Waals surface area contributed by atoms with Gasteiger partial charge < -0.3 is 4.74 Å². The molecule has 4 rings (SSSR count). The smallest absolute Gasteiger partial charge is 0.123 e. The van der Waals surface area contributed by atoms with Crippen LogP contribution in [-0.2, 0) is 11.3 Å². The van der Waals surface area contributed by atoms with E-state index in [1.54, 1.807) is 6.07 Å². The third-order valence-electron chi connectivity index (χ3n) is 5.86. The number of rotatable bonds is 3. The first-order valence-corrected chi connectivity index (χ1v) is 10.0. The van der Waals surface area contributed by atoms with Gasteiger partial charge in [0.2, 0.25) is 0 Å². The summed E-state index contributed by atoms with van der Waals surface area (Å²) in [6.07, 6.45) is -0.124. The van der Waals surface area contributed by atoms with E-state index in [1.165, 1.54) is 33.9 Å². The molecular weight excluding hydrogens is 347 g/mol. The van der Waals surface area contributed by atoms with E-state index >= 15 is 0 Å². The van der Waals surface area contributed by atoms with Crippen LogP contribution < -0.4 is 0 Å². The molecule has 2 heteroatoms. The lowest BCUT2D eigenvalue weighted by atomic mass is 9.78. The molecule has 2 atom stereocenters. The monoisotopic (exact) mass is 374 g/mol. The standard InChI is InChI=1S/C26H27FO/c1-16(2)19-6-8-20(9-7-19)25-24-11-5-17(3)13-21(24)15-28-26(25)23-12-10-22(27)14-18(23)4/h5-14,16,25-26H,15H2,1-4H3/t25-,26-/m1/s1. The molecule has 144 valence electrons. The van der Waals surface area contributed by atoms with Gasteiger partial charge in [0, 0.05) is 5.92 Å². The average molecular weight is 374 g/mol. The second-order valence-corrected chi connectivity index (χ2v) is 8.23. The van der Waals surface area contributed by atoms with E-state index in [9.17, 15) is 4.39 Å². The zero-order chi connectivity index (χ0) is 19.8. The Kier molecular flexibility index (Phi) is 5.07. The lowest BCUT2D eigenvalue weighted by molar-refractivity contribution is 0.0144. The minimum absolute atomic E-state index is 0.0923. The molecule has 0 bridgehead atoms. The minimum Gasteiger partial charge on any atom is -0.368 e. The maximum Gasteiger partial charge on any atom is 0.123 e. The highest BCUT2D eigenvalue weighted by Crippen LogP contribution is 2.46. The van der Waals surface area contributed by atoms with Crippen LogP contribution in [0.2, 0.25) is 0 Å². The molecule has 0 N–H and O–H groups in total. The molecule has 28 heavy (non-hydrogen) atoms. The lowest BCUT2D eigenvalue weighted by Gasteiger charge is -2.35. The fourth-order valence-corrected chi connectivity index (χ4v) is 4.27. The fraction of sp³-hybridized carbons (Fsp3) is 0.308. The lowest BCUT2D eigenvalue weighted by Crippen LogP contribution is -2.23. The maximum atomic E-state index is 13.7. The van der Waals surface area contributed by atoms with E-state index < -0.39 is 0 Å². The highest BCUT2D eigenvalue weighted by atomic mass is 19.1. The molecule has 0 aliphatic carbocycles. The molecule has 1 aliphatic rings. The van der Waals surface area contributed by atoms with Crippen LogP contribution in [0.4, 0.5) is 4.39 Å². The quantitative estimate of drug-likeness (QED) is 0.481. The molecule has 3 aromatic carbocycles. The van der Waals surface area contributed by atoms with E-state index in [0.29, 0.717) is 12.5 Å². The van der Waals surface area contributed by atoms with Crippen LogP contribution >= 0.6 is 0 Å². The van der Waals surface area contributed by atoms with Crippen LogP contribution in [0.1, 0.15) is 70.7 Å². The number of fused-ring (bicyclic) bond motifs is 1. The summed E-state index contributed by atoms with van der Waals surface area (Å²) < 4.78 is 20.1. The van der Waals surface area contributed by atoms with Gasteiger partial charge >= 0.3 is 0 Å². The summed E-state index contributed by atoms with van der Waals surface area (Å²) in [6.45, 7) is 9.08. The van der Waals surface area contributed by atoms with Crippen molar-refractivity contribution in [1.29, 1.82) is 0 Å². The van der Waals surface area contributed by atoms with Crippen molar-refractivity contribution in [3.63, 3.8) is 0 Å². The van der Waals surface area contributed by atoms with Crippen molar-refractivity contribution in [2.75, 3.05) is 0 Å². The summed E-state index contributed by atoms with van der Waals surface area (Å²) in [5.74, 6) is 0.391. The molecule has 0 fully saturated rings. The highest BCUT2D eigenvalue weighted by Gasteiger charge is 2.33. The van der Waals surface area contributed by atoms with Crippen molar-refractivity contribution in [2.45, 2.75) is 52.2 Å². The van der Waals surface area contributed by atoms with Crippen LogP contribution in [0.5, 0.6) is 0 Å². The summed E-state index contributed by atoms with van der Waals surface area (Å²) in [7, 11) is 0. The van der Waals surface area contributed by atoms with E-state index in [1.807, 2.05) is 13.0 Å². The molecule has 0 saturated heterocycles. The molecule has 0 amide bonds. The SMILES string of the molecule is Cc1ccc2c(c1)CO[C@H](c1ccc(F)cc1C)[C@@H]2c1ccc(C(C)C)cc1. The number of benzene rings is 3. The topological polar surface area (TPSA) is 9.23 Å². The van der Waals surface area contributed by atoms with Gasteiger partial charge in [0.1, 0.15) is 5.82 Å². The summed E-state index contributed by atoms with van der Waals surface area (Å²) in [5.41, 5.74) is 8.36. The van der Waals surface area contributed by atoms with Crippen LogP contribution in [0.25, 0.3) is 0 Å². The summed E-state index contributed by atoms with van der Waals surface area (Å²) in [6, 6.07) is 20.5. The van der Waals surface area contributed by atoms with E-state index in [-0.39, 0.29) is 17.8 Å². The summed E-state index contributed by atoms with van der Waals surface area (Å²) in [4.78, 5) is 0. The molecule has 1 nitrogen and oxygen atoms in total. The predicted octanol–water partition coefficient (Wildman–Crippen LogP) is 6.97. The largest absolute Gasteiger partial charge is 0.368 e. The Morgan fingerprint density at radius 2 is 1.61 bits per heavy atom. The molecule has 0 unspecified atom stereocenters. The molecule has 1 aliphatic heterocycles. The van der Waals surface area contributed by atoms with Crippen molar-refractivity contribution >= 4 is 0 Å². The minimum atomic E-state index is -0.203. The van der Waals surface area contributed by atoms with Crippen molar-refractivity contribution in [3.05, 3.63) is 105 Å². The van der Waals surface area contributed by atoms with Crippen molar-refractivity contribution in [1.82, 2.24) is 0 Å². The Morgan fingerprint density at radius 1 is 0.893 bits per heavy atom. The number of aryl methyl sites for hydroxylation is 2. The number of hydrogen-bond acceptors (Lipinski definition) is 1. The fourth-order valence-electron chi connectivity index (χ4n) is 4.27. The van der Waals surface area contributed by atoms with Gasteiger partial charge in [0.05, 0.1) is 12.7 Å². The first-order chi connectivity index (χ1) is 13.4. The average Bonchev–Trinajstić information content (AvgIpc) is 2.67. The molecule has 0 saturated carbocycles. The van der Waals surface area contributed by atoms with Gasteiger partial charge in [-0.1, -0.05) is 67.9 Å². The number of ether oxygens (including phenoxy) is 1. The first kappa shape index (κ1) is 18.9. The Bertz CT molecular complexity index is 988. The van der Waals surface area contributed by atoms with Crippen molar-refractivity contribution < 1.29 is 9.13 Å². The molecule has 3 aromatic rings. The maximum absolute atomic E-state index is 13.7. The van der Waals surface area contributed by atoms with Gasteiger partial charge in [-0.15, -0.1) is 0 Å². The van der Waals surface area contributed by atoms with Crippen LogP contribution in [0.3, 0.4) is 0 Å². The number of halogens is 1. The first-order valence-electron chi connectivity index (χ1n) is 10.0. The van der Waals surface area contributed by atoms with Crippen LogP contribution in [0.15, 0.2) is 60.7 Å². The van der Waals surface area contributed by atoms with Gasteiger partial charge in [-0.05, 0) is 65.3 Å². The van der Waals surface area contributed by atoms with Crippen LogP contribution in [0, 0.1) is 19.7 Å². The van der Waals surface area contributed by atoms with E-state index in [0.717, 1.165) is 11.1 Å². The Hall–Kier alpha value is -2.45. The zero-order valence-electron chi connectivity index (χ0n) is 17.0. The normalized spacial score (nSPS) is 18.9. The molecule has 0 radical (unpaired) electrons. The third kappa shape index (κ3) is 3.49. The highest BCUT2D eigenvalue weighted by molar-refractivity contribution is 5.46. The van der Waals surface area contributed by atoms with Crippen LogP contribution in [-0.4, -0.2) is 0 Å². The van der Waals surface area contributed by atoms with Crippen molar-refractivity contribution in [3.8, 4) is 0 Å². The van der Waals surface area contributed by atoms with E-state index in [4.69, 9.17) is 4.74 Å². The second kappa shape index (κ2) is 7.52. The molecule has 1 heterocycles. The number of hydrogen-bond donors (Lipinski definition) is 0. The van der Waals surface area contributed by atoms with Gasteiger partial charge in [0.25, 0.3) is 0 Å². The predicted molar refractivity (Wildman–Crippen MR) is 112 cm³/mol. The molecular formula is C26H27FO. The second-order valence-electron chi connectivity index (χ2n) is 8.23. The van der Waals surface area contributed by atoms with Gasteiger partial charge in [-0.3, -0.25) is 0 Å². The Morgan fingerprint density at radius 3 is 2.29 bits per heavy atom. The van der Waals surface area contributed by atoms with Gasteiger partial charge in [0.15, 0.2) is 0 Å².